The molecule has 0 saturated carbocycles. The Morgan fingerprint density at radius 3 is 2.69 bits per heavy atom. The quantitative estimate of drug-likeness (QED) is 0.766. The molecule has 1 amide bonds. The van der Waals surface area contributed by atoms with Crippen LogP contribution in [0.3, 0.4) is 0 Å². The number of amides is 1. The van der Waals surface area contributed by atoms with Crippen LogP contribution in [0.4, 0.5) is 11.4 Å². The molecule has 1 aliphatic rings. The third kappa shape index (κ3) is 2.00. The molecule has 88 valence electrons. The molecule has 1 heterocycles. The minimum Gasteiger partial charge on any atom is -0.399 e. The van der Waals surface area contributed by atoms with Gasteiger partial charge in [0.05, 0.1) is 0 Å². The number of fused-ring (bicyclic) bond motifs is 1. The van der Waals surface area contributed by atoms with E-state index in [0.29, 0.717) is 6.42 Å². The summed E-state index contributed by atoms with van der Waals surface area (Å²) in [5.74, 6) is 0.217. The third-order valence-corrected chi connectivity index (χ3v) is 2.98. The number of aryl methyl sites for hydroxylation is 2. The van der Waals surface area contributed by atoms with Crippen LogP contribution in [0.2, 0.25) is 0 Å². The van der Waals surface area contributed by atoms with Crippen LogP contribution in [0.15, 0.2) is 12.1 Å². The van der Waals surface area contributed by atoms with Gasteiger partial charge in [-0.05, 0) is 43.5 Å². The van der Waals surface area contributed by atoms with Crippen LogP contribution in [0.25, 0.3) is 0 Å². The number of rotatable bonds is 1. The number of benzene rings is 1. The summed E-state index contributed by atoms with van der Waals surface area (Å²) in [7, 11) is 0. The van der Waals surface area contributed by atoms with Crippen molar-refractivity contribution in [1.82, 2.24) is 0 Å². The fraction of sp³-hybridized carbons (Fsp3) is 0.417. The number of carbonyl (C=O) groups is 1. The molecule has 2 N–H and O–H groups in total. The minimum absolute atomic E-state index is 0. The molecule has 16 heavy (non-hydrogen) atoms. The van der Waals surface area contributed by atoms with E-state index < -0.39 is 0 Å². The van der Waals surface area contributed by atoms with Crippen molar-refractivity contribution in [2.75, 3.05) is 17.2 Å². The van der Waals surface area contributed by atoms with Gasteiger partial charge in [0.15, 0.2) is 0 Å². The Balaban J connectivity index is 0.00000128. The molecule has 1 aliphatic heterocycles. The lowest BCUT2D eigenvalue weighted by Gasteiger charge is -2.29. The Labute approximate surface area is 102 Å². The van der Waals surface area contributed by atoms with Crippen LogP contribution in [-0.2, 0) is 11.2 Å². The maximum atomic E-state index is 11.7. The van der Waals surface area contributed by atoms with Crippen LogP contribution >= 0.6 is 12.4 Å². The molecule has 0 aliphatic carbocycles. The van der Waals surface area contributed by atoms with Crippen LogP contribution in [0, 0.1) is 6.92 Å². The highest BCUT2D eigenvalue weighted by atomic mass is 35.5. The zero-order valence-corrected chi connectivity index (χ0v) is 10.4. The van der Waals surface area contributed by atoms with Crippen molar-refractivity contribution < 1.29 is 4.79 Å². The van der Waals surface area contributed by atoms with Crippen molar-refractivity contribution >= 4 is 29.7 Å². The lowest BCUT2D eigenvalue weighted by molar-refractivity contribution is -0.118. The first-order chi connectivity index (χ1) is 7.13. The molecule has 1 aromatic carbocycles. The molecule has 3 nitrogen and oxygen atoms in total. The molecule has 4 heteroatoms. The van der Waals surface area contributed by atoms with E-state index in [1.807, 2.05) is 30.9 Å². The summed E-state index contributed by atoms with van der Waals surface area (Å²) in [5, 5.41) is 0. The van der Waals surface area contributed by atoms with Gasteiger partial charge in [0.1, 0.15) is 0 Å². The van der Waals surface area contributed by atoms with Crippen LogP contribution in [0.1, 0.15) is 24.5 Å². The van der Waals surface area contributed by atoms with E-state index in [1.54, 1.807) is 0 Å². The average molecular weight is 241 g/mol. The predicted octanol–water partition coefficient (Wildman–Crippen LogP) is 2.30. The molecular formula is C12H17ClN2O. The largest absolute Gasteiger partial charge is 0.399 e. The molecule has 0 bridgehead atoms. The first kappa shape index (κ1) is 12.8. The normalized spacial score (nSPS) is 14.4. The van der Waals surface area contributed by atoms with Gasteiger partial charge in [-0.3, -0.25) is 4.79 Å². The molecular weight excluding hydrogens is 224 g/mol. The van der Waals surface area contributed by atoms with Crippen molar-refractivity contribution in [3.8, 4) is 0 Å². The Hall–Kier alpha value is -1.22. The third-order valence-electron chi connectivity index (χ3n) is 2.98. The van der Waals surface area contributed by atoms with Crippen molar-refractivity contribution in [2.45, 2.75) is 26.7 Å². The van der Waals surface area contributed by atoms with Gasteiger partial charge in [0.25, 0.3) is 0 Å². The Morgan fingerprint density at radius 2 is 2.06 bits per heavy atom. The van der Waals surface area contributed by atoms with Crippen molar-refractivity contribution in [1.29, 1.82) is 0 Å². The zero-order valence-electron chi connectivity index (χ0n) is 9.62. The number of halogens is 1. The minimum atomic E-state index is 0. The number of hydrogen-bond donors (Lipinski definition) is 1. The lowest BCUT2D eigenvalue weighted by atomic mass is 9.98. The summed E-state index contributed by atoms with van der Waals surface area (Å²) < 4.78 is 0. The van der Waals surface area contributed by atoms with E-state index >= 15 is 0 Å². The van der Waals surface area contributed by atoms with Crippen LogP contribution in [-0.4, -0.2) is 12.5 Å². The SMILES string of the molecule is CCN1C(=O)CCc2cc(N)c(C)cc21.Cl. The molecule has 0 aromatic heterocycles. The van der Waals surface area contributed by atoms with Gasteiger partial charge < -0.3 is 10.6 Å². The standard InChI is InChI=1S/C12H16N2O.ClH/c1-3-14-11-6-8(2)10(13)7-9(11)4-5-12(14)15;/h6-7H,3-5,13H2,1-2H3;1H. The molecule has 0 radical (unpaired) electrons. The highest BCUT2D eigenvalue weighted by Crippen LogP contribution is 2.31. The van der Waals surface area contributed by atoms with Gasteiger partial charge in [-0.25, -0.2) is 0 Å². The average Bonchev–Trinajstić information content (AvgIpc) is 2.21. The maximum Gasteiger partial charge on any atom is 0.227 e. The van der Waals surface area contributed by atoms with Crippen LogP contribution < -0.4 is 10.6 Å². The summed E-state index contributed by atoms with van der Waals surface area (Å²) in [6.45, 7) is 4.70. The Morgan fingerprint density at radius 1 is 1.38 bits per heavy atom. The smallest absolute Gasteiger partial charge is 0.227 e. The first-order valence-electron chi connectivity index (χ1n) is 5.33. The molecule has 2 rings (SSSR count). The molecule has 0 fully saturated rings. The number of nitrogens with zero attached hydrogens (tertiary/aromatic N) is 1. The van der Waals surface area contributed by atoms with Gasteiger partial charge in [-0.1, -0.05) is 0 Å². The van der Waals surface area contributed by atoms with E-state index in [2.05, 4.69) is 0 Å². The van der Waals surface area contributed by atoms with Gasteiger partial charge in [0.2, 0.25) is 5.91 Å². The summed E-state index contributed by atoms with van der Waals surface area (Å²) in [6.07, 6.45) is 1.42. The summed E-state index contributed by atoms with van der Waals surface area (Å²) in [5.41, 5.74) is 9.96. The molecule has 1 aromatic rings. The van der Waals surface area contributed by atoms with E-state index in [-0.39, 0.29) is 18.3 Å². The van der Waals surface area contributed by atoms with E-state index in [4.69, 9.17) is 5.73 Å². The summed E-state index contributed by atoms with van der Waals surface area (Å²) in [4.78, 5) is 13.5. The Bertz CT molecular complexity index is 418. The number of anilines is 2. The van der Waals surface area contributed by atoms with Crippen molar-refractivity contribution in [2.24, 2.45) is 0 Å². The predicted molar refractivity (Wildman–Crippen MR) is 69.2 cm³/mol. The second-order valence-corrected chi connectivity index (χ2v) is 3.98. The summed E-state index contributed by atoms with van der Waals surface area (Å²) >= 11 is 0. The molecule has 0 atom stereocenters. The molecule has 0 spiro atoms. The lowest BCUT2D eigenvalue weighted by Crippen LogP contribution is -2.34. The van der Waals surface area contributed by atoms with E-state index in [1.165, 1.54) is 5.56 Å². The van der Waals surface area contributed by atoms with Gasteiger partial charge in [-0.15, -0.1) is 12.4 Å². The zero-order chi connectivity index (χ0) is 11.0. The fourth-order valence-corrected chi connectivity index (χ4v) is 2.07. The van der Waals surface area contributed by atoms with Crippen LogP contribution in [0.5, 0.6) is 0 Å². The fourth-order valence-electron chi connectivity index (χ4n) is 2.07. The molecule has 0 saturated heterocycles. The number of nitrogens with two attached hydrogens (primary N) is 1. The Kier molecular flexibility index (Phi) is 3.81. The van der Waals surface area contributed by atoms with E-state index in [0.717, 1.165) is 29.9 Å². The first-order valence-corrected chi connectivity index (χ1v) is 5.33. The molecule has 0 unspecified atom stereocenters. The number of hydrogen-bond acceptors (Lipinski definition) is 2. The summed E-state index contributed by atoms with van der Waals surface area (Å²) in [6, 6.07) is 4.02. The number of nitrogen functional groups attached to an aromatic ring is 1. The van der Waals surface area contributed by atoms with Gasteiger partial charge in [0, 0.05) is 24.3 Å². The highest BCUT2D eigenvalue weighted by molar-refractivity contribution is 5.96. The maximum absolute atomic E-state index is 11.7. The second-order valence-electron chi connectivity index (χ2n) is 3.98. The topological polar surface area (TPSA) is 46.3 Å². The van der Waals surface area contributed by atoms with E-state index in [9.17, 15) is 4.79 Å². The van der Waals surface area contributed by atoms with Gasteiger partial charge in [-0.2, -0.15) is 0 Å². The second kappa shape index (κ2) is 4.74. The van der Waals surface area contributed by atoms with Gasteiger partial charge >= 0.3 is 0 Å². The van der Waals surface area contributed by atoms with Crippen molar-refractivity contribution in [3.05, 3.63) is 23.3 Å². The van der Waals surface area contributed by atoms with Crippen molar-refractivity contribution in [3.63, 3.8) is 0 Å². The monoisotopic (exact) mass is 240 g/mol. The number of carbonyl (C=O) groups excluding carboxylic acids is 1. The highest BCUT2D eigenvalue weighted by Gasteiger charge is 2.23.